The third-order valence-corrected chi connectivity index (χ3v) is 4.87. The minimum Gasteiger partial charge on any atom is -0.0913 e. The van der Waals surface area contributed by atoms with Gasteiger partial charge >= 0.3 is 0 Å². The highest BCUT2D eigenvalue weighted by Crippen LogP contribution is 2.27. The van der Waals surface area contributed by atoms with Gasteiger partial charge in [-0.1, -0.05) is 62.1 Å². The first-order valence-corrected chi connectivity index (χ1v) is 8.81. The van der Waals surface area contributed by atoms with Crippen LogP contribution in [-0.4, -0.2) is 8.07 Å². The standard InChI is InChI=1S/C13H20Si/c1-5-9-13(14(2,3)4)12-10-7-6-8-11-12/h5-11,13H,1-4H3/b9-5-/t13-/m0/s1. The maximum absolute atomic E-state index is 2.42. The first kappa shape index (κ1) is 11.3. The first-order valence-electron chi connectivity index (χ1n) is 5.23. The fourth-order valence-electron chi connectivity index (χ4n) is 1.75. The molecule has 0 fully saturated rings. The van der Waals surface area contributed by atoms with Crippen LogP contribution in [-0.2, 0) is 0 Å². The molecule has 0 amide bonds. The fourth-order valence-corrected chi connectivity index (χ4v) is 3.71. The van der Waals surface area contributed by atoms with Crippen molar-refractivity contribution in [3.05, 3.63) is 48.0 Å². The van der Waals surface area contributed by atoms with Crippen molar-refractivity contribution < 1.29 is 0 Å². The molecule has 1 heteroatoms. The van der Waals surface area contributed by atoms with E-state index in [-0.39, 0.29) is 0 Å². The lowest BCUT2D eigenvalue weighted by Gasteiger charge is -2.26. The molecule has 0 aliphatic carbocycles. The molecule has 0 aliphatic rings. The second-order valence-corrected chi connectivity index (χ2v) is 10.1. The summed E-state index contributed by atoms with van der Waals surface area (Å²) in [6.45, 7) is 9.37. The van der Waals surface area contributed by atoms with Crippen molar-refractivity contribution in [2.75, 3.05) is 0 Å². The minimum absolute atomic E-state index is 0.647. The van der Waals surface area contributed by atoms with Crippen LogP contribution in [0.25, 0.3) is 0 Å². The zero-order valence-corrected chi connectivity index (χ0v) is 10.6. The van der Waals surface area contributed by atoms with Crippen molar-refractivity contribution in [1.82, 2.24) is 0 Å². The van der Waals surface area contributed by atoms with E-state index in [0.29, 0.717) is 5.54 Å². The molecule has 0 aliphatic heterocycles. The molecule has 0 saturated carbocycles. The maximum atomic E-state index is 2.42. The van der Waals surface area contributed by atoms with E-state index < -0.39 is 8.07 Å². The highest BCUT2D eigenvalue weighted by Gasteiger charge is 2.25. The Morgan fingerprint density at radius 1 is 1.07 bits per heavy atom. The van der Waals surface area contributed by atoms with Gasteiger partial charge in [-0.2, -0.15) is 0 Å². The summed E-state index contributed by atoms with van der Waals surface area (Å²) < 4.78 is 0. The maximum Gasteiger partial charge on any atom is 0.0565 e. The predicted octanol–water partition coefficient (Wildman–Crippen LogP) is 4.22. The molecule has 0 bridgehead atoms. The Morgan fingerprint density at radius 2 is 1.64 bits per heavy atom. The van der Waals surface area contributed by atoms with Crippen LogP contribution in [0.3, 0.4) is 0 Å². The Morgan fingerprint density at radius 3 is 2.07 bits per heavy atom. The molecule has 0 unspecified atom stereocenters. The summed E-state index contributed by atoms with van der Waals surface area (Å²) in [7, 11) is -1.14. The lowest BCUT2D eigenvalue weighted by Crippen LogP contribution is -2.29. The molecular weight excluding hydrogens is 184 g/mol. The lowest BCUT2D eigenvalue weighted by atomic mass is 10.1. The SMILES string of the molecule is C/C=C\[C@@H](c1ccccc1)[Si](C)(C)C. The van der Waals surface area contributed by atoms with Gasteiger partial charge in [-0.05, 0) is 18.0 Å². The summed E-state index contributed by atoms with van der Waals surface area (Å²) in [5, 5.41) is 0. The van der Waals surface area contributed by atoms with E-state index in [0.717, 1.165) is 0 Å². The monoisotopic (exact) mass is 204 g/mol. The van der Waals surface area contributed by atoms with Crippen LogP contribution >= 0.6 is 0 Å². The highest BCUT2D eigenvalue weighted by molar-refractivity contribution is 6.77. The number of allylic oxidation sites excluding steroid dienone is 2. The van der Waals surface area contributed by atoms with Crippen molar-refractivity contribution in [2.24, 2.45) is 0 Å². The Hall–Kier alpha value is -0.823. The summed E-state index contributed by atoms with van der Waals surface area (Å²) in [5.74, 6) is 0. The molecule has 0 saturated heterocycles. The fraction of sp³-hybridized carbons (Fsp3) is 0.385. The average Bonchev–Trinajstić information content (AvgIpc) is 2.14. The number of rotatable bonds is 3. The van der Waals surface area contributed by atoms with Crippen LogP contribution in [0.15, 0.2) is 42.5 Å². The van der Waals surface area contributed by atoms with E-state index in [1.807, 2.05) is 0 Å². The van der Waals surface area contributed by atoms with Crippen molar-refractivity contribution >= 4 is 8.07 Å². The summed E-state index contributed by atoms with van der Waals surface area (Å²) in [4.78, 5) is 0. The average molecular weight is 204 g/mol. The summed E-state index contributed by atoms with van der Waals surface area (Å²) >= 11 is 0. The number of hydrogen-bond acceptors (Lipinski definition) is 0. The van der Waals surface area contributed by atoms with Gasteiger partial charge in [-0.15, -0.1) is 0 Å². The van der Waals surface area contributed by atoms with Crippen LogP contribution in [0.1, 0.15) is 18.0 Å². The van der Waals surface area contributed by atoms with Gasteiger partial charge in [-0.25, -0.2) is 0 Å². The highest BCUT2D eigenvalue weighted by atomic mass is 28.3. The van der Waals surface area contributed by atoms with Crippen molar-refractivity contribution in [1.29, 1.82) is 0 Å². The van der Waals surface area contributed by atoms with Gasteiger partial charge < -0.3 is 0 Å². The quantitative estimate of drug-likeness (QED) is 0.511. The largest absolute Gasteiger partial charge is 0.0913 e. The summed E-state index contributed by atoms with van der Waals surface area (Å²) in [6, 6.07) is 10.8. The molecule has 0 nitrogen and oxygen atoms in total. The second-order valence-electron chi connectivity index (χ2n) is 4.78. The van der Waals surface area contributed by atoms with E-state index in [1.165, 1.54) is 5.56 Å². The molecular formula is C13H20Si. The van der Waals surface area contributed by atoms with Crippen LogP contribution < -0.4 is 0 Å². The zero-order chi connectivity index (χ0) is 10.6. The van der Waals surface area contributed by atoms with Gasteiger partial charge in [0.25, 0.3) is 0 Å². The molecule has 1 atom stereocenters. The molecule has 1 aromatic rings. The Kier molecular flexibility index (Phi) is 3.70. The van der Waals surface area contributed by atoms with E-state index >= 15 is 0 Å². The van der Waals surface area contributed by atoms with Gasteiger partial charge in [0.15, 0.2) is 0 Å². The van der Waals surface area contributed by atoms with E-state index in [2.05, 4.69) is 69.0 Å². The van der Waals surface area contributed by atoms with Crippen LogP contribution in [0.4, 0.5) is 0 Å². The van der Waals surface area contributed by atoms with E-state index in [4.69, 9.17) is 0 Å². The Bertz CT molecular complexity index is 293. The Labute approximate surface area is 88.7 Å². The normalized spacial score (nSPS) is 14.6. The molecule has 1 aromatic carbocycles. The topological polar surface area (TPSA) is 0 Å². The Balaban J connectivity index is 3.01. The molecule has 0 aromatic heterocycles. The van der Waals surface area contributed by atoms with Gasteiger partial charge in [-0.3, -0.25) is 0 Å². The molecule has 1 rings (SSSR count). The van der Waals surface area contributed by atoms with Gasteiger partial charge in [0.2, 0.25) is 0 Å². The number of hydrogen-bond donors (Lipinski definition) is 0. The van der Waals surface area contributed by atoms with Gasteiger partial charge in [0, 0.05) is 0 Å². The molecule has 14 heavy (non-hydrogen) atoms. The van der Waals surface area contributed by atoms with Crippen molar-refractivity contribution in [2.45, 2.75) is 32.1 Å². The van der Waals surface area contributed by atoms with E-state index in [1.54, 1.807) is 0 Å². The third kappa shape index (κ3) is 2.84. The van der Waals surface area contributed by atoms with Crippen molar-refractivity contribution in [3.8, 4) is 0 Å². The zero-order valence-electron chi connectivity index (χ0n) is 9.62. The van der Waals surface area contributed by atoms with Crippen LogP contribution in [0.2, 0.25) is 19.6 Å². The second kappa shape index (κ2) is 4.60. The third-order valence-electron chi connectivity index (χ3n) is 2.48. The predicted molar refractivity (Wildman–Crippen MR) is 67.3 cm³/mol. The molecule has 0 heterocycles. The summed E-state index contributed by atoms with van der Waals surface area (Å²) in [5.41, 5.74) is 2.11. The van der Waals surface area contributed by atoms with Crippen molar-refractivity contribution in [3.63, 3.8) is 0 Å². The molecule has 76 valence electrons. The lowest BCUT2D eigenvalue weighted by molar-refractivity contribution is 1.13. The molecule has 0 N–H and O–H groups in total. The minimum atomic E-state index is -1.14. The first-order chi connectivity index (χ1) is 6.55. The van der Waals surface area contributed by atoms with Gasteiger partial charge in [0.05, 0.1) is 8.07 Å². The molecule has 0 radical (unpaired) electrons. The van der Waals surface area contributed by atoms with Gasteiger partial charge in [0.1, 0.15) is 0 Å². The van der Waals surface area contributed by atoms with E-state index in [9.17, 15) is 0 Å². The summed E-state index contributed by atoms with van der Waals surface area (Å²) in [6.07, 6.45) is 4.53. The van der Waals surface area contributed by atoms with Crippen LogP contribution in [0, 0.1) is 0 Å². The number of benzene rings is 1. The smallest absolute Gasteiger partial charge is 0.0565 e. The van der Waals surface area contributed by atoms with Crippen LogP contribution in [0.5, 0.6) is 0 Å². The molecule has 0 spiro atoms.